The molecule has 0 fully saturated rings. The summed E-state index contributed by atoms with van der Waals surface area (Å²) < 4.78 is 5.66. The van der Waals surface area contributed by atoms with E-state index in [2.05, 4.69) is 50.4 Å². The molecule has 1 aromatic carbocycles. The van der Waals surface area contributed by atoms with Gasteiger partial charge < -0.3 is 10.1 Å². The van der Waals surface area contributed by atoms with Crippen molar-refractivity contribution in [3.05, 3.63) is 29.8 Å². The highest BCUT2D eigenvalue weighted by Crippen LogP contribution is 2.12. The Hall–Kier alpha value is -1.02. The predicted octanol–water partition coefficient (Wildman–Crippen LogP) is 3.26. The summed E-state index contributed by atoms with van der Waals surface area (Å²) in [5, 5.41) is 3.36. The Balaban J connectivity index is 2.18. The lowest BCUT2D eigenvalue weighted by atomic mass is 10.1. The third-order valence-electron chi connectivity index (χ3n) is 2.56. The molecular formula is C15H25NO. The Morgan fingerprint density at radius 3 is 2.47 bits per heavy atom. The average Bonchev–Trinajstić information content (AvgIpc) is 2.31. The van der Waals surface area contributed by atoms with Crippen molar-refractivity contribution in [3.8, 4) is 5.75 Å². The van der Waals surface area contributed by atoms with Gasteiger partial charge in [-0.2, -0.15) is 0 Å². The fraction of sp³-hybridized carbons (Fsp3) is 0.600. The molecule has 17 heavy (non-hydrogen) atoms. The summed E-state index contributed by atoms with van der Waals surface area (Å²) in [5.74, 6) is 1.67. The topological polar surface area (TPSA) is 21.3 Å². The van der Waals surface area contributed by atoms with E-state index < -0.39 is 0 Å². The molecule has 0 spiro atoms. The summed E-state index contributed by atoms with van der Waals surface area (Å²) >= 11 is 0. The number of nitrogens with one attached hydrogen (secondary N) is 1. The van der Waals surface area contributed by atoms with Crippen molar-refractivity contribution < 1.29 is 4.74 Å². The summed E-state index contributed by atoms with van der Waals surface area (Å²) in [7, 11) is 0. The van der Waals surface area contributed by atoms with E-state index in [1.165, 1.54) is 12.0 Å². The van der Waals surface area contributed by atoms with Gasteiger partial charge in [-0.1, -0.05) is 39.3 Å². The van der Waals surface area contributed by atoms with E-state index in [-0.39, 0.29) is 0 Å². The van der Waals surface area contributed by atoms with Crippen LogP contribution in [0.1, 0.15) is 32.8 Å². The van der Waals surface area contributed by atoms with E-state index in [1.807, 2.05) is 0 Å². The Kier molecular flexibility index (Phi) is 6.71. The minimum atomic E-state index is 0.698. The first kappa shape index (κ1) is 14.0. The molecule has 2 nitrogen and oxygen atoms in total. The molecule has 0 aliphatic rings. The van der Waals surface area contributed by atoms with Crippen LogP contribution in [-0.4, -0.2) is 19.7 Å². The Morgan fingerprint density at radius 1 is 1.18 bits per heavy atom. The SMILES string of the molecule is CCCc1ccc(OCCNCC(C)C)cc1. The minimum absolute atomic E-state index is 0.698. The highest BCUT2D eigenvalue weighted by atomic mass is 16.5. The zero-order valence-electron chi connectivity index (χ0n) is 11.3. The third kappa shape index (κ3) is 6.32. The van der Waals surface area contributed by atoms with E-state index in [9.17, 15) is 0 Å². The van der Waals surface area contributed by atoms with Gasteiger partial charge in [0.05, 0.1) is 0 Å². The molecule has 2 heteroatoms. The van der Waals surface area contributed by atoms with Crippen LogP contribution in [0.2, 0.25) is 0 Å². The molecule has 1 rings (SSSR count). The molecule has 0 unspecified atom stereocenters. The summed E-state index contributed by atoms with van der Waals surface area (Å²) in [6.07, 6.45) is 2.34. The van der Waals surface area contributed by atoms with Crippen LogP contribution >= 0.6 is 0 Å². The zero-order valence-corrected chi connectivity index (χ0v) is 11.3. The molecule has 0 amide bonds. The van der Waals surface area contributed by atoms with Gasteiger partial charge in [-0.3, -0.25) is 0 Å². The second kappa shape index (κ2) is 8.13. The van der Waals surface area contributed by atoms with Gasteiger partial charge >= 0.3 is 0 Å². The lowest BCUT2D eigenvalue weighted by Gasteiger charge is -2.09. The lowest BCUT2D eigenvalue weighted by Crippen LogP contribution is -2.24. The molecule has 1 aromatic rings. The fourth-order valence-corrected chi connectivity index (χ4v) is 1.67. The number of hydrogen-bond acceptors (Lipinski definition) is 2. The number of hydrogen-bond donors (Lipinski definition) is 1. The van der Waals surface area contributed by atoms with Gasteiger partial charge in [0, 0.05) is 6.54 Å². The fourth-order valence-electron chi connectivity index (χ4n) is 1.67. The van der Waals surface area contributed by atoms with Crippen molar-refractivity contribution in [1.82, 2.24) is 5.32 Å². The van der Waals surface area contributed by atoms with E-state index >= 15 is 0 Å². The van der Waals surface area contributed by atoms with Gasteiger partial charge in [0.1, 0.15) is 12.4 Å². The summed E-state index contributed by atoms with van der Waals surface area (Å²) in [4.78, 5) is 0. The largest absolute Gasteiger partial charge is 0.492 e. The zero-order chi connectivity index (χ0) is 12.5. The maximum Gasteiger partial charge on any atom is 0.119 e. The van der Waals surface area contributed by atoms with Gasteiger partial charge in [-0.25, -0.2) is 0 Å². The van der Waals surface area contributed by atoms with Crippen LogP contribution in [0.5, 0.6) is 5.75 Å². The van der Waals surface area contributed by atoms with Crippen molar-refractivity contribution in [1.29, 1.82) is 0 Å². The van der Waals surface area contributed by atoms with Crippen molar-refractivity contribution in [2.45, 2.75) is 33.6 Å². The van der Waals surface area contributed by atoms with E-state index in [0.717, 1.165) is 31.9 Å². The molecule has 1 N–H and O–H groups in total. The minimum Gasteiger partial charge on any atom is -0.492 e. The monoisotopic (exact) mass is 235 g/mol. The average molecular weight is 235 g/mol. The molecule has 0 atom stereocenters. The van der Waals surface area contributed by atoms with Gasteiger partial charge in [0.15, 0.2) is 0 Å². The van der Waals surface area contributed by atoms with Crippen molar-refractivity contribution in [2.75, 3.05) is 19.7 Å². The van der Waals surface area contributed by atoms with Crippen LogP contribution < -0.4 is 10.1 Å². The summed E-state index contributed by atoms with van der Waals surface area (Å²) in [6, 6.07) is 8.43. The number of rotatable bonds is 8. The van der Waals surface area contributed by atoms with Gasteiger partial charge in [0.25, 0.3) is 0 Å². The van der Waals surface area contributed by atoms with Crippen LogP contribution in [0.3, 0.4) is 0 Å². The molecule has 0 aromatic heterocycles. The van der Waals surface area contributed by atoms with Crippen LogP contribution in [0.15, 0.2) is 24.3 Å². The molecular weight excluding hydrogens is 210 g/mol. The quantitative estimate of drug-likeness (QED) is 0.698. The van der Waals surface area contributed by atoms with Crippen LogP contribution in [-0.2, 0) is 6.42 Å². The Labute approximate surface area is 105 Å². The number of ether oxygens (including phenoxy) is 1. The normalized spacial score (nSPS) is 10.8. The molecule has 0 saturated carbocycles. The van der Waals surface area contributed by atoms with Crippen molar-refractivity contribution >= 4 is 0 Å². The second-order valence-corrected chi connectivity index (χ2v) is 4.84. The van der Waals surface area contributed by atoms with Gasteiger partial charge in [0.2, 0.25) is 0 Å². The second-order valence-electron chi connectivity index (χ2n) is 4.84. The van der Waals surface area contributed by atoms with E-state index in [4.69, 9.17) is 4.74 Å². The third-order valence-corrected chi connectivity index (χ3v) is 2.56. The molecule has 96 valence electrons. The smallest absolute Gasteiger partial charge is 0.119 e. The first-order chi connectivity index (χ1) is 8.22. The van der Waals surface area contributed by atoms with E-state index in [0.29, 0.717) is 5.92 Å². The molecule has 0 aliphatic carbocycles. The van der Waals surface area contributed by atoms with Crippen LogP contribution in [0.4, 0.5) is 0 Å². The van der Waals surface area contributed by atoms with Crippen molar-refractivity contribution in [2.24, 2.45) is 5.92 Å². The first-order valence-electron chi connectivity index (χ1n) is 6.64. The Bertz CT molecular complexity index is 292. The molecule has 0 heterocycles. The standard InChI is InChI=1S/C15H25NO/c1-4-5-14-6-8-15(9-7-14)17-11-10-16-12-13(2)3/h6-9,13,16H,4-5,10-12H2,1-3H3. The maximum atomic E-state index is 5.66. The molecule has 0 saturated heterocycles. The number of benzene rings is 1. The summed E-state index contributed by atoms with van der Waals surface area (Å²) in [6.45, 7) is 9.32. The molecule has 0 bridgehead atoms. The van der Waals surface area contributed by atoms with Crippen molar-refractivity contribution in [3.63, 3.8) is 0 Å². The predicted molar refractivity (Wildman–Crippen MR) is 73.6 cm³/mol. The lowest BCUT2D eigenvalue weighted by molar-refractivity contribution is 0.311. The highest BCUT2D eigenvalue weighted by molar-refractivity contribution is 5.27. The molecule has 0 aliphatic heterocycles. The summed E-state index contributed by atoms with van der Waals surface area (Å²) in [5.41, 5.74) is 1.39. The Morgan fingerprint density at radius 2 is 1.88 bits per heavy atom. The molecule has 0 radical (unpaired) electrons. The van der Waals surface area contributed by atoms with Crippen LogP contribution in [0.25, 0.3) is 0 Å². The number of aryl methyl sites for hydroxylation is 1. The maximum absolute atomic E-state index is 5.66. The first-order valence-corrected chi connectivity index (χ1v) is 6.64. The van der Waals surface area contributed by atoms with Gasteiger partial charge in [-0.05, 0) is 36.6 Å². The van der Waals surface area contributed by atoms with Crippen LogP contribution in [0, 0.1) is 5.92 Å². The highest BCUT2D eigenvalue weighted by Gasteiger charge is 1.96. The van der Waals surface area contributed by atoms with E-state index in [1.54, 1.807) is 0 Å². The van der Waals surface area contributed by atoms with Gasteiger partial charge in [-0.15, -0.1) is 0 Å².